The lowest BCUT2D eigenvalue weighted by Gasteiger charge is -2.14. The highest BCUT2D eigenvalue weighted by atomic mass is 16.1. The van der Waals surface area contributed by atoms with Crippen LogP contribution in [-0.4, -0.2) is 39.9 Å². The van der Waals surface area contributed by atoms with Crippen LogP contribution in [-0.2, 0) is 0 Å². The second-order valence-electron chi connectivity index (χ2n) is 6.02. The highest BCUT2D eigenvalue weighted by Crippen LogP contribution is 2.26. The van der Waals surface area contributed by atoms with Crippen molar-refractivity contribution < 1.29 is 4.79 Å². The van der Waals surface area contributed by atoms with E-state index in [2.05, 4.69) is 41.2 Å². The molecule has 144 valence electrons. The number of hydrogen-bond donors (Lipinski definition) is 4. The van der Waals surface area contributed by atoms with Gasteiger partial charge >= 0.3 is 0 Å². The molecule has 9 heteroatoms. The Balaban J connectivity index is 1.96. The Morgan fingerprint density at radius 2 is 1.71 bits per heavy atom. The van der Waals surface area contributed by atoms with Crippen molar-refractivity contribution in [2.24, 2.45) is 0 Å². The monoisotopic (exact) mass is 378 g/mol. The highest BCUT2D eigenvalue weighted by Gasteiger charge is 2.14. The average Bonchev–Trinajstić information content (AvgIpc) is 2.69. The molecule has 0 unspecified atom stereocenters. The van der Waals surface area contributed by atoms with Crippen molar-refractivity contribution in [1.29, 1.82) is 0 Å². The number of nitrogens with zero attached hydrogens (tertiary/aromatic N) is 4. The van der Waals surface area contributed by atoms with E-state index in [0.717, 1.165) is 11.4 Å². The van der Waals surface area contributed by atoms with E-state index in [1.807, 2.05) is 26.0 Å². The van der Waals surface area contributed by atoms with Crippen molar-refractivity contribution in [3.05, 3.63) is 53.7 Å². The van der Waals surface area contributed by atoms with Gasteiger partial charge in [0, 0.05) is 38.6 Å². The normalized spacial score (nSPS) is 10.3. The van der Waals surface area contributed by atoms with Crippen LogP contribution in [0.1, 0.15) is 21.9 Å². The van der Waals surface area contributed by atoms with Crippen LogP contribution in [0.4, 0.5) is 28.8 Å². The van der Waals surface area contributed by atoms with Gasteiger partial charge in [-0.15, -0.1) is 0 Å². The lowest BCUT2D eigenvalue weighted by atomic mass is 10.2. The van der Waals surface area contributed by atoms with E-state index in [-0.39, 0.29) is 5.91 Å². The lowest BCUT2D eigenvalue weighted by molar-refractivity contribution is 0.0963. The molecule has 0 saturated heterocycles. The minimum atomic E-state index is -0.238. The van der Waals surface area contributed by atoms with E-state index in [9.17, 15) is 4.79 Å². The maximum atomic E-state index is 12.3. The van der Waals surface area contributed by atoms with Crippen molar-refractivity contribution in [2.75, 3.05) is 30.0 Å². The molecule has 3 aromatic rings. The van der Waals surface area contributed by atoms with E-state index < -0.39 is 0 Å². The Labute approximate surface area is 163 Å². The summed E-state index contributed by atoms with van der Waals surface area (Å²) in [6.45, 7) is 3.71. The number of carbonyl (C=O) groups is 1. The van der Waals surface area contributed by atoms with Crippen LogP contribution in [0.5, 0.6) is 0 Å². The summed E-state index contributed by atoms with van der Waals surface area (Å²) in [6, 6.07) is 7.27. The Morgan fingerprint density at radius 3 is 2.43 bits per heavy atom. The number of rotatable bonds is 6. The molecule has 0 fully saturated rings. The third-order valence-electron chi connectivity index (χ3n) is 4.00. The van der Waals surface area contributed by atoms with Gasteiger partial charge in [-0.3, -0.25) is 9.78 Å². The molecule has 0 atom stereocenters. The van der Waals surface area contributed by atoms with Gasteiger partial charge in [0.25, 0.3) is 5.91 Å². The average molecular weight is 378 g/mol. The molecule has 4 N–H and O–H groups in total. The predicted molar refractivity (Wildman–Crippen MR) is 109 cm³/mol. The molecular weight excluding hydrogens is 356 g/mol. The first-order chi connectivity index (χ1) is 13.5. The Kier molecular flexibility index (Phi) is 5.64. The first kappa shape index (κ1) is 19.0. The number of nitrogens with one attached hydrogen (secondary N) is 4. The molecule has 0 saturated carbocycles. The standard InChI is InChI=1S/C19H22N8O/c1-11-14(6-5-7-22-11)26-15-8-17(23-10-13(15)19(28)21-4)27-18-9-16(20-3)24-12(2)25-18/h5-10H,1-4H3,(H,21,28)(H3,20,23,24,25,26,27). The lowest BCUT2D eigenvalue weighted by Crippen LogP contribution is -2.19. The fourth-order valence-electron chi connectivity index (χ4n) is 2.60. The van der Waals surface area contributed by atoms with Gasteiger partial charge in [0.1, 0.15) is 23.3 Å². The summed E-state index contributed by atoms with van der Waals surface area (Å²) in [5.41, 5.74) is 2.65. The van der Waals surface area contributed by atoms with Crippen molar-refractivity contribution >= 4 is 34.7 Å². The molecule has 0 radical (unpaired) electrons. The molecule has 0 aliphatic heterocycles. The third-order valence-corrected chi connectivity index (χ3v) is 4.00. The van der Waals surface area contributed by atoms with E-state index in [1.54, 1.807) is 32.4 Å². The number of anilines is 5. The summed E-state index contributed by atoms with van der Waals surface area (Å²) in [5, 5.41) is 12.0. The second kappa shape index (κ2) is 8.30. The zero-order valence-corrected chi connectivity index (χ0v) is 16.2. The van der Waals surface area contributed by atoms with Crippen LogP contribution in [0, 0.1) is 13.8 Å². The van der Waals surface area contributed by atoms with Crippen LogP contribution in [0.2, 0.25) is 0 Å². The molecule has 3 aromatic heterocycles. The SMILES string of the molecule is CNC(=O)c1cnc(Nc2cc(NC)nc(C)n2)cc1Nc1cccnc1C. The molecule has 0 aromatic carbocycles. The van der Waals surface area contributed by atoms with Crippen molar-refractivity contribution in [1.82, 2.24) is 25.3 Å². The quantitative estimate of drug-likeness (QED) is 0.517. The highest BCUT2D eigenvalue weighted by molar-refractivity contribution is 6.00. The summed E-state index contributed by atoms with van der Waals surface area (Å²) >= 11 is 0. The largest absolute Gasteiger partial charge is 0.373 e. The zero-order valence-electron chi connectivity index (χ0n) is 16.2. The Bertz CT molecular complexity index is 1000. The van der Waals surface area contributed by atoms with Crippen molar-refractivity contribution in [3.63, 3.8) is 0 Å². The topological polar surface area (TPSA) is 117 Å². The molecule has 28 heavy (non-hydrogen) atoms. The maximum absolute atomic E-state index is 12.3. The number of hydrogen-bond acceptors (Lipinski definition) is 8. The van der Waals surface area contributed by atoms with Gasteiger partial charge in [-0.05, 0) is 26.0 Å². The van der Waals surface area contributed by atoms with Gasteiger partial charge < -0.3 is 21.3 Å². The van der Waals surface area contributed by atoms with E-state index in [1.165, 1.54) is 6.20 Å². The number of carbonyl (C=O) groups excluding carboxylic acids is 1. The fraction of sp³-hybridized carbons (Fsp3) is 0.211. The molecule has 0 spiro atoms. The Morgan fingerprint density at radius 1 is 0.929 bits per heavy atom. The van der Waals surface area contributed by atoms with Crippen LogP contribution in [0.25, 0.3) is 0 Å². The summed E-state index contributed by atoms with van der Waals surface area (Å²) in [5.74, 6) is 2.22. The number of aryl methyl sites for hydroxylation is 2. The van der Waals surface area contributed by atoms with Gasteiger partial charge in [-0.1, -0.05) is 0 Å². The maximum Gasteiger partial charge on any atom is 0.254 e. The zero-order chi connectivity index (χ0) is 20.1. The van der Waals surface area contributed by atoms with E-state index in [0.29, 0.717) is 34.5 Å². The van der Waals surface area contributed by atoms with Crippen LogP contribution in [0.3, 0.4) is 0 Å². The van der Waals surface area contributed by atoms with Gasteiger partial charge in [-0.25, -0.2) is 15.0 Å². The number of aromatic nitrogens is 4. The first-order valence-corrected chi connectivity index (χ1v) is 8.71. The van der Waals surface area contributed by atoms with E-state index in [4.69, 9.17) is 0 Å². The summed E-state index contributed by atoms with van der Waals surface area (Å²) in [6.07, 6.45) is 3.23. The van der Waals surface area contributed by atoms with E-state index >= 15 is 0 Å². The molecule has 9 nitrogen and oxygen atoms in total. The molecule has 0 aliphatic rings. The van der Waals surface area contributed by atoms with Crippen LogP contribution < -0.4 is 21.3 Å². The summed E-state index contributed by atoms with van der Waals surface area (Å²) in [4.78, 5) is 29.5. The molecule has 3 rings (SSSR count). The molecule has 0 aliphatic carbocycles. The third kappa shape index (κ3) is 4.32. The van der Waals surface area contributed by atoms with Gasteiger partial charge in [-0.2, -0.15) is 0 Å². The fourth-order valence-corrected chi connectivity index (χ4v) is 2.60. The molecule has 1 amide bonds. The summed E-state index contributed by atoms with van der Waals surface area (Å²) in [7, 11) is 3.37. The van der Waals surface area contributed by atoms with Gasteiger partial charge in [0.2, 0.25) is 0 Å². The van der Waals surface area contributed by atoms with Crippen molar-refractivity contribution in [3.8, 4) is 0 Å². The molecule has 3 heterocycles. The predicted octanol–water partition coefficient (Wildman–Crippen LogP) is 2.77. The number of pyridine rings is 2. The summed E-state index contributed by atoms with van der Waals surface area (Å²) < 4.78 is 0. The van der Waals surface area contributed by atoms with Gasteiger partial charge in [0.15, 0.2) is 0 Å². The smallest absolute Gasteiger partial charge is 0.254 e. The minimum Gasteiger partial charge on any atom is -0.373 e. The molecule has 0 bridgehead atoms. The van der Waals surface area contributed by atoms with Crippen LogP contribution >= 0.6 is 0 Å². The second-order valence-corrected chi connectivity index (χ2v) is 6.02. The van der Waals surface area contributed by atoms with Crippen molar-refractivity contribution in [2.45, 2.75) is 13.8 Å². The molecular formula is C19H22N8O. The number of amides is 1. The minimum absolute atomic E-state index is 0.238. The van der Waals surface area contributed by atoms with Gasteiger partial charge in [0.05, 0.1) is 22.6 Å². The Hall–Kier alpha value is -3.75. The first-order valence-electron chi connectivity index (χ1n) is 8.71. The van der Waals surface area contributed by atoms with Crippen LogP contribution in [0.15, 0.2) is 36.7 Å².